The molecule has 2 N–H and O–H groups in total. The van der Waals surface area contributed by atoms with Gasteiger partial charge in [-0.2, -0.15) is 0 Å². The van der Waals surface area contributed by atoms with Gasteiger partial charge in [0.1, 0.15) is 4.88 Å². The van der Waals surface area contributed by atoms with Crippen LogP contribution < -0.4 is 5.32 Å². The first-order chi connectivity index (χ1) is 11.0. The van der Waals surface area contributed by atoms with E-state index >= 15 is 0 Å². The molecule has 1 unspecified atom stereocenters. The normalized spacial score (nSPS) is 12.1. The number of hydrogen-bond donors (Lipinski definition) is 2. The third-order valence-corrected chi connectivity index (χ3v) is 4.84. The van der Waals surface area contributed by atoms with Crippen LogP contribution >= 0.6 is 11.3 Å². The minimum absolute atomic E-state index is 0.0159. The molecule has 2 aromatic rings. The van der Waals surface area contributed by atoms with Gasteiger partial charge in [-0.05, 0) is 29.5 Å². The third-order valence-electron chi connectivity index (χ3n) is 3.77. The van der Waals surface area contributed by atoms with Crippen LogP contribution in [0.1, 0.15) is 46.3 Å². The van der Waals surface area contributed by atoms with E-state index in [1.54, 1.807) is 12.1 Å². The summed E-state index contributed by atoms with van der Waals surface area (Å²) in [6.45, 7) is 4.60. The molecular weight excluding hydrogens is 310 g/mol. The lowest BCUT2D eigenvalue weighted by Gasteiger charge is -2.20. The Kier molecular flexibility index (Phi) is 5.93. The minimum atomic E-state index is -0.934. The fraction of sp³-hybridized carbons (Fsp3) is 0.333. The predicted octanol–water partition coefficient (Wildman–Crippen LogP) is 3.89. The lowest BCUT2D eigenvalue weighted by Crippen LogP contribution is -2.25. The van der Waals surface area contributed by atoms with Crippen molar-refractivity contribution in [1.29, 1.82) is 0 Å². The van der Waals surface area contributed by atoms with Gasteiger partial charge in [-0.1, -0.05) is 44.2 Å². The van der Waals surface area contributed by atoms with Crippen LogP contribution in [0.4, 0.5) is 0 Å². The van der Waals surface area contributed by atoms with Crippen molar-refractivity contribution in [2.75, 3.05) is 0 Å². The highest BCUT2D eigenvalue weighted by Gasteiger charge is 2.19. The van der Waals surface area contributed by atoms with E-state index in [1.807, 2.05) is 18.2 Å². The molecule has 23 heavy (non-hydrogen) atoms. The number of nitrogens with one attached hydrogen (secondary N) is 1. The van der Waals surface area contributed by atoms with Crippen LogP contribution in [0.25, 0.3) is 0 Å². The summed E-state index contributed by atoms with van der Waals surface area (Å²) < 4.78 is 0. The Morgan fingerprint density at radius 2 is 1.83 bits per heavy atom. The van der Waals surface area contributed by atoms with E-state index in [1.165, 1.54) is 16.9 Å². The molecule has 0 aliphatic carbocycles. The molecule has 4 nitrogen and oxygen atoms in total. The van der Waals surface area contributed by atoms with Crippen LogP contribution in [-0.2, 0) is 11.3 Å². The molecule has 0 fully saturated rings. The Morgan fingerprint density at radius 1 is 1.13 bits per heavy atom. The maximum atomic E-state index is 12.2. The van der Waals surface area contributed by atoms with Gasteiger partial charge in [-0.25, -0.2) is 4.79 Å². The topological polar surface area (TPSA) is 66.4 Å². The zero-order chi connectivity index (χ0) is 16.8. The van der Waals surface area contributed by atoms with Gasteiger partial charge in [0.15, 0.2) is 0 Å². The van der Waals surface area contributed by atoms with Crippen molar-refractivity contribution >= 4 is 23.2 Å². The van der Waals surface area contributed by atoms with Crippen LogP contribution in [0.2, 0.25) is 0 Å². The summed E-state index contributed by atoms with van der Waals surface area (Å²) in [5, 5.41) is 11.8. The Balaban J connectivity index is 1.93. The van der Waals surface area contributed by atoms with Gasteiger partial charge in [-0.3, -0.25) is 4.79 Å². The highest BCUT2D eigenvalue weighted by atomic mass is 32.1. The number of carboxylic acids is 1. The molecule has 0 bridgehead atoms. The average molecular weight is 331 g/mol. The van der Waals surface area contributed by atoms with Gasteiger partial charge in [0.05, 0.1) is 6.54 Å². The predicted molar refractivity (Wildman–Crippen MR) is 91.8 cm³/mol. The monoisotopic (exact) mass is 331 g/mol. The van der Waals surface area contributed by atoms with Crippen LogP contribution in [0.15, 0.2) is 42.5 Å². The van der Waals surface area contributed by atoms with E-state index < -0.39 is 5.97 Å². The summed E-state index contributed by atoms with van der Waals surface area (Å²) in [5.41, 5.74) is 1.17. The summed E-state index contributed by atoms with van der Waals surface area (Å²) in [4.78, 5) is 24.2. The smallest absolute Gasteiger partial charge is 0.345 e. The SMILES string of the molecule is CC(C)C(CC(=O)NCc1ccc(C(=O)O)s1)c1ccccc1. The highest BCUT2D eigenvalue weighted by Crippen LogP contribution is 2.27. The van der Waals surface area contributed by atoms with E-state index in [0.717, 1.165) is 4.88 Å². The Bertz CT molecular complexity index is 664. The second-order valence-electron chi connectivity index (χ2n) is 5.81. The van der Waals surface area contributed by atoms with Crippen LogP contribution in [0.3, 0.4) is 0 Å². The number of carbonyl (C=O) groups is 2. The maximum Gasteiger partial charge on any atom is 0.345 e. The van der Waals surface area contributed by atoms with Crippen molar-refractivity contribution in [3.8, 4) is 0 Å². The molecule has 1 heterocycles. The van der Waals surface area contributed by atoms with E-state index in [-0.39, 0.29) is 11.8 Å². The quantitative estimate of drug-likeness (QED) is 0.809. The molecule has 1 aromatic heterocycles. The fourth-order valence-electron chi connectivity index (χ4n) is 2.48. The summed E-state index contributed by atoms with van der Waals surface area (Å²) in [6, 6.07) is 13.4. The number of carbonyl (C=O) groups excluding carboxylic acids is 1. The van der Waals surface area contributed by atoms with Crippen molar-refractivity contribution in [2.24, 2.45) is 5.92 Å². The molecule has 2 rings (SSSR count). The lowest BCUT2D eigenvalue weighted by atomic mass is 9.85. The maximum absolute atomic E-state index is 12.2. The number of thiophene rings is 1. The number of benzene rings is 1. The number of carboxylic acid groups (broad SMARTS) is 1. The highest BCUT2D eigenvalue weighted by molar-refractivity contribution is 7.13. The summed E-state index contributed by atoms with van der Waals surface area (Å²) in [7, 11) is 0. The second kappa shape index (κ2) is 7.92. The molecule has 0 radical (unpaired) electrons. The van der Waals surface area contributed by atoms with Crippen molar-refractivity contribution < 1.29 is 14.7 Å². The van der Waals surface area contributed by atoms with Gasteiger partial charge < -0.3 is 10.4 Å². The van der Waals surface area contributed by atoms with E-state index in [0.29, 0.717) is 23.8 Å². The van der Waals surface area contributed by atoms with Gasteiger partial charge >= 0.3 is 5.97 Å². The van der Waals surface area contributed by atoms with E-state index in [4.69, 9.17) is 5.11 Å². The number of aromatic carboxylic acids is 1. The molecule has 0 saturated carbocycles. The molecule has 1 atom stereocenters. The first-order valence-electron chi connectivity index (χ1n) is 7.61. The van der Waals surface area contributed by atoms with Crippen molar-refractivity contribution in [3.05, 3.63) is 57.8 Å². The second-order valence-corrected chi connectivity index (χ2v) is 6.98. The van der Waals surface area contributed by atoms with Crippen molar-refractivity contribution in [3.63, 3.8) is 0 Å². The largest absolute Gasteiger partial charge is 0.477 e. The molecule has 5 heteroatoms. The standard InChI is InChI=1S/C18H21NO3S/c1-12(2)15(13-6-4-3-5-7-13)10-17(20)19-11-14-8-9-16(23-14)18(21)22/h3-9,12,15H,10-11H2,1-2H3,(H,19,20)(H,21,22). The third kappa shape index (κ3) is 4.93. The molecule has 0 aliphatic heterocycles. The van der Waals surface area contributed by atoms with Crippen LogP contribution in [0.5, 0.6) is 0 Å². The molecule has 1 amide bonds. The first kappa shape index (κ1) is 17.2. The summed E-state index contributed by atoms with van der Waals surface area (Å²) in [5.74, 6) is -0.410. The lowest BCUT2D eigenvalue weighted by molar-refractivity contribution is -0.121. The van der Waals surface area contributed by atoms with Gasteiger partial charge in [0.25, 0.3) is 0 Å². The van der Waals surface area contributed by atoms with Gasteiger partial charge in [0, 0.05) is 11.3 Å². The Labute approximate surface area is 140 Å². The minimum Gasteiger partial charge on any atom is -0.477 e. The summed E-state index contributed by atoms with van der Waals surface area (Å²) >= 11 is 1.19. The Hall–Kier alpha value is -2.14. The molecule has 122 valence electrons. The number of hydrogen-bond acceptors (Lipinski definition) is 3. The van der Waals surface area contributed by atoms with Crippen LogP contribution in [-0.4, -0.2) is 17.0 Å². The van der Waals surface area contributed by atoms with Crippen molar-refractivity contribution in [1.82, 2.24) is 5.32 Å². The van der Waals surface area contributed by atoms with Crippen molar-refractivity contribution in [2.45, 2.75) is 32.7 Å². The average Bonchev–Trinajstić information content (AvgIpc) is 3.00. The molecule has 1 aromatic carbocycles. The zero-order valence-electron chi connectivity index (χ0n) is 13.3. The summed E-state index contributed by atoms with van der Waals surface area (Å²) in [6.07, 6.45) is 0.429. The van der Waals surface area contributed by atoms with Crippen LogP contribution in [0, 0.1) is 5.92 Å². The number of rotatable bonds is 7. The first-order valence-corrected chi connectivity index (χ1v) is 8.42. The molecule has 0 spiro atoms. The molecular formula is C18H21NO3S. The number of amides is 1. The molecule has 0 aliphatic rings. The zero-order valence-corrected chi connectivity index (χ0v) is 14.1. The van der Waals surface area contributed by atoms with E-state index in [2.05, 4.69) is 31.3 Å². The Morgan fingerprint density at radius 3 is 2.39 bits per heavy atom. The van der Waals surface area contributed by atoms with Gasteiger partial charge in [0.2, 0.25) is 5.91 Å². The fourth-order valence-corrected chi connectivity index (χ4v) is 3.27. The van der Waals surface area contributed by atoms with E-state index in [9.17, 15) is 9.59 Å². The molecule has 0 saturated heterocycles. The van der Waals surface area contributed by atoms with Gasteiger partial charge in [-0.15, -0.1) is 11.3 Å².